The Hall–Kier alpha value is -2.73. The highest BCUT2D eigenvalue weighted by Crippen LogP contribution is 2.30. The molecule has 3 rings (SSSR count). The Morgan fingerprint density at radius 3 is 2.52 bits per heavy atom. The summed E-state index contributed by atoms with van der Waals surface area (Å²) < 4.78 is 27.3. The van der Waals surface area contributed by atoms with Gasteiger partial charge in [0.15, 0.2) is 0 Å². The minimum absolute atomic E-state index is 0.150. The van der Waals surface area contributed by atoms with Crippen LogP contribution in [0.4, 0.5) is 14.5 Å². The van der Waals surface area contributed by atoms with Crippen LogP contribution in [0, 0.1) is 0 Å². The molecule has 0 atom stereocenters. The van der Waals surface area contributed by atoms with Crippen LogP contribution in [0.2, 0.25) is 5.02 Å². The second kappa shape index (κ2) is 7.03. The van der Waals surface area contributed by atoms with Gasteiger partial charge in [0.25, 0.3) is 12.3 Å². The molecule has 0 saturated carbocycles. The van der Waals surface area contributed by atoms with Crippen molar-refractivity contribution in [1.82, 2.24) is 9.78 Å². The van der Waals surface area contributed by atoms with Crippen LogP contribution in [0.25, 0.3) is 11.1 Å². The smallest absolute Gasteiger partial charge is 0.282 e. The predicted molar refractivity (Wildman–Crippen MR) is 93.0 cm³/mol. The van der Waals surface area contributed by atoms with Crippen molar-refractivity contribution in [2.45, 2.75) is 6.43 Å². The molecule has 2 aromatic carbocycles. The number of halogens is 3. The molecule has 0 aliphatic rings. The van der Waals surface area contributed by atoms with Gasteiger partial charge in [-0.15, -0.1) is 0 Å². The summed E-state index contributed by atoms with van der Waals surface area (Å²) in [5, 5.41) is 6.94. The van der Waals surface area contributed by atoms with Gasteiger partial charge in [0.05, 0.1) is 5.56 Å². The molecule has 0 aliphatic carbocycles. The van der Waals surface area contributed by atoms with Gasteiger partial charge in [-0.2, -0.15) is 5.10 Å². The molecule has 0 aliphatic heterocycles. The van der Waals surface area contributed by atoms with E-state index in [0.717, 1.165) is 11.1 Å². The number of carbonyl (C=O) groups is 1. The Morgan fingerprint density at radius 1 is 1.16 bits per heavy atom. The first-order valence-electron chi connectivity index (χ1n) is 7.43. The van der Waals surface area contributed by atoms with Crippen molar-refractivity contribution in [2.75, 3.05) is 5.32 Å². The zero-order valence-corrected chi connectivity index (χ0v) is 14.0. The van der Waals surface area contributed by atoms with Crippen LogP contribution in [0.5, 0.6) is 0 Å². The van der Waals surface area contributed by atoms with Crippen molar-refractivity contribution in [3.05, 3.63) is 71.0 Å². The second-order valence-electron chi connectivity index (χ2n) is 5.41. The minimum Gasteiger partial charge on any atom is -0.321 e. The number of anilines is 1. The van der Waals surface area contributed by atoms with Crippen molar-refractivity contribution < 1.29 is 13.6 Å². The standard InChI is InChI=1S/C18H14ClF2N3O/c1-24-10-14(16(23-24)17(20)21)18(25)22-15-5-3-2-4-13(15)11-6-8-12(19)9-7-11/h2-10,17H,1H3,(H,22,25). The van der Waals surface area contributed by atoms with Crippen LogP contribution in [0.3, 0.4) is 0 Å². The maximum atomic E-state index is 13.1. The average molecular weight is 362 g/mol. The highest BCUT2D eigenvalue weighted by molar-refractivity contribution is 6.30. The van der Waals surface area contributed by atoms with Crippen LogP contribution in [0.15, 0.2) is 54.7 Å². The summed E-state index contributed by atoms with van der Waals surface area (Å²) in [6.07, 6.45) is -1.55. The lowest BCUT2D eigenvalue weighted by molar-refractivity contribution is 0.101. The van der Waals surface area contributed by atoms with E-state index in [4.69, 9.17) is 11.6 Å². The number of hydrogen-bond acceptors (Lipinski definition) is 2. The summed E-state index contributed by atoms with van der Waals surface area (Å²) in [6.45, 7) is 0. The topological polar surface area (TPSA) is 46.9 Å². The van der Waals surface area contributed by atoms with E-state index < -0.39 is 18.0 Å². The van der Waals surface area contributed by atoms with Crippen molar-refractivity contribution in [3.63, 3.8) is 0 Å². The van der Waals surface area contributed by atoms with Gasteiger partial charge in [0, 0.05) is 29.5 Å². The third-order valence-corrected chi connectivity index (χ3v) is 3.89. The molecule has 0 bridgehead atoms. The lowest BCUT2D eigenvalue weighted by Gasteiger charge is -2.11. The van der Waals surface area contributed by atoms with E-state index in [-0.39, 0.29) is 5.56 Å². The van der Waals surface area contributed by atoms with E-state index in [1.165, 1.54) is 17.9 Å². The fraction of sp³-hybridized carbons (Fsp3) is 0.111. The normalized spacial score (nSPS) is 10.9. The summed E-state index contributed by atoms with van der Waals surface area (Å²) in [7, 11) is 1.49. The quantitative estimate of drug-likeness (QED) is 0.716. The van der Waals surface area contributed by atoms with E-state index in [0.29, 0.717) is 10.7 Å². The van der Waals surface area contributed by atoms with Crippen molar-refractivity contribution in [3.8, 4) is 11.1 Å². The molecule has 0 unspecified atom stereocenters. The van der Waals surface area contributed by atoms with Crippen LogP contribution < -0.4 is 5.32 Å². The first kappa shape index (κ1) is 17.1. The first-order valence-corrected chi connectivity index (χ1v) is 7.81. The van der Waals surface area contributed by atoms with Gasteiger partial charge in [-0.25, -0.2) is 8.78 Å². The molecule has 3 aromatic rings. The number of amides is 1. The van der Waals surface area contributed by atoms with E-state index in [9.17, 15) is 13.6 Å². The number of aromatic nitrogens is 2. The summed E-state index contributed by atoms with van der Waals surface area (Å²) in [5.41, 5.74) is 1.43. The largest absolute Gasteiger partial charge is 0.321 e. The summed E-state index contributed by atoms with van der Waals surface area (Å²) in [5.74, 6) is -0.634. The molecule has 128 valence electrons. The maximum Gasteiger partial charge on any atom is 0.282 e. The van der Waals surface area contributed by atoms with Crippen LogP contribution >= 0.6 is 11.6 Å². The Kier molecular flexibility index (Phi) is 4.81. The van der Waals surface area contributed by atoms with Crippen LogP contribution in [-0.4, -0.2) is 15.7 Å². The first-order chi connectivity index (χ1) is 12.0. The third-order valence-electron chi connectivity index (χ3n) is 3.64. The Bertz CT molecular complexity index is 907. The number of nitrogens with zero attached hydrogens (tertiary/aromatic N) is 2. The molecule has 0 saturated heterocycles. The summed E-state index contributed by atoms with van der Waals surface area (Å²) in [4.78, 5) is 12.5. The lowest BCUT2D eigenvalue weighted by atomic mass is 10.0. The fourth-order valence-electron chi connectivity index (χ4n) is 2.50. The Labute approximate surface area is 148 Å². The van der Waals surface area contributed by atoms with Crippen molar-refractivity contribution in [2.24, 2.45) is 7.05 Å². The average Bonchev–Trinajstić information content (AvgIpc) is 2.99. The fourth-order valence-corrected chi connectivity index (χ4v) is 2.63. The molecule has 25 heavy (non-hydrogen) atoms. The SMILES string of the molecule is Cn1cc(C(=O)Nc2ccccc2-c2ccc(Cl)cc2)c(C(F)F)n1. The number of benzene rings is 2. The molecule has 1 amide bonds. The molecule has 1 N–H and O–H groups in total. The second-order valence-corrected chi connectivity index (χ2v) is 5.85. The minimum atomic E-state index is -2.83. The van der Waals surface area contributed by atoms with Gasteiger partial charge in [-0.1, -0.05) is 41.9 Å². The molecule has 0 spiro atoms. The van der Waals surface area contributed by atoms with Gasteiger partial charge in [0.2, 0.25) is 0 Å². The highest BCUT2D eigenvalue weighted by Gasteiger charge is 2.23. The number of carbonyl (C=O) groups excluding carboxylic acids is 1. The molecule has 7 heteroatoms. The van der Waals surface area contributed by atoms with E-state index in [1.807, 2.05) is 24.3 Å². The molecule has 0 radical (unpaired) electrons. The molecule has 0 fully saturated rings. The van der Waals surface area contributed by atoms with Crippen LogP contribution in [-0.2, 0) is 7.05 Å². The number of para-hydroxylation sites is 1. The lowest BCUT2D eigenvalue weighted by Crippen LogP contribution is -2.14. The summed E-state index contributed by atoms with van der Waals surface area (Å²) >= 11 is 5.90. The Balaban J connectivity index is 1.94. The predicted octanol–water partition coefficient (Wildman–Crippen LogP) is 4.93. The van der Waals surface area contributed by atoms with Crippen LogP contribution in [0.1, 0.15) is 22.5 Å². The molecular formula is C18H14ClF2N3O. The van der Waals surface area contributed by atoms with Gasteiger partial charge >= 0.3 is 0 Å². The number of nitrogens with one attached hydrogen (secondary N) is 1. The van der Waals surface area contributed by atoms with Gasteiger partial charge in [-0.05, 0) is 23.8 Å². The van der Waals surface area contributed by atoms with Gasteiger partial charge < -0.3 is 5.32 Å². The third kappa shape index (κ3) is 3.69. The highest BCUT2D eigenvalue weighted by atomic mass is 35.5. The Morgan fingerprint density at radius 2 is 1.84 bits per heavy atom. The monoisotopic (exact) mass is 361 g/mol. The van der Waals surface area contributed by atoms with E-state index in [1.54, 1.807) is 24.3 Å². The van der Waals surface area contributed by atoms with Gasteiger partial charge in [-0.3, -0.25) is 9.48 Å². The maximum absolute atomic E-state index is 13.1. The molecule has 1 heterocycles. The zero-order valence-electron chi connectivity index (χ0n) is 13.2. The van der Waals surface area contributed by atoms with E-state index in [2.05, 4.69) is 10.4 Å². The van der Waals surface area contributed by atoms with Crippen molar-refractivity contribution >= 4 is 23.2 Å². The number of alkyl halides is 2. The van der Waals surface area contributed by atoms with E-state index >= 15 is 0 Å². The number of hydrogen-bond donors (Lipinski definition) is 1. The molecule has 4 nitrogen and oxygen atoms in total. The van der Waals surface area contributed by atoms with Crippen molar-refractivity contribution in [1.29, 1.82) is 0 Å². The summed E-state index contributed by atoms with van der Waals surface area (Å²) in [6, 6.07) is 14.2. The zero-order chi connectivity index (χ0) is 18.0. The van der Waals surface area contributed by atoms with Gasteiger partial charge in [0.1, 0.15) is 5.69 Å². The number of aryl methyl sites for hydroxylation is 1. The molecule has 1 aromatic heterocycles. The number of rotatable bonds is 4. The molecular weight excluding hydrogens is 348 g/mol.